The number of pyridine rings is 1. The van der Waals surface area contributed by atoms with Crippen LogP contribution < -0.4 is 0 Å². The number of nitro benzene ring substituents is 1. The third-order valence-electron chi connectivity index (χ3n) is 2.95. The van der Waals surface area contributed by atoms with Crippen LogP contribution in [0, 0.1) is 17.0 Å². The van der Waals surface area contributed by atoms with Crippen molar-refractivity contribution in [1.29, 1.82) is 0 Å². The normalized spacial score (nSPS) is 10.8. The van der Waals surface area contributed by atoms with Gasteiger partial charge in [-0.05, 0) is 31.0 Å². The molecule has 0 aliphatic rings. The first-order chi connectivity index (χ1) is 8.54. The van der Waals surface area contributed by atoms with Crippen LogP contribution in [-0.2, 0) is 6.42 Å². The Labute approximate surface area is 110 Å². The summed E-state index contributed by atoms with van der Waals surface area (Å²) in [5.41, 5.74) is 2.23. The zero-order chi connectivity index (χ0) is 13.3. The molecule has 94 valence electrons. The molecule has 0 saturated carbocycles. The number of rotatable bonds is 3. The number of hydrogen-bond acceptors (Lipinski definition) is 3. The Bertz CT molecular complexity index is 626. The van der Waals surface area contributed by atoms with Crippen LogP contribution in [0.5, 0.6) is 0 Å². The molecule has 2 rings (SSSR count). The third-order valence-corrected chi connectivity index (χ3v) is 3.28. The molecule has 0 unspecified atom stereocenters. The van der Waals surface area contributed by atoms with E-state index in [9.17, 15) is 10.1 Å². The molecule has 0 saturated heterocycles. The van der Waals surface area contributed by atoms with Crippen LogP contribution in [0.3, 0.4) is 0 Å². The summed E-state index contributed by atoms with van der Waals surface area (Å²) in [4.78, 5) is 14.8. The maximum atomic E-state index is 10.9. The van der Waals surface area contributed by atoms with Gasteiger partial charge in [-0.25, -0.2) is 4.98 Å². The molecule has 0 radical (unpaired) electrons. The first-order valence-electron chi connectivity index (χ1n) is 5.77. The molecule has 0 aliphatic heterocycles. The molecule has 0 amide bonds. The first kappa shape index (κ1) is 12.8. The predicted molar refractivity (Wildman–Crippen MR) is 72.1 cm³/mol. The molecular formula is C13H13ClN2O2. The molecule has 5 heteroatoms. The summed E-state index contributed by atoms with van der Waals surface area (Å²) < 4.78 is 0. The van der Waals surface area contributed by atoms with E-state index in [2.05, 4.69) is 11.9 Å². The average molecular weight is 265 g/mol. The number of hydrogen-bond donors (Lipinski definition) is 0. The highest BCUT2D eigenvalue weighted by atomic mass is 35.5. The zero-order valence-electron chi connectivity index (χ0n) is 10.2. The summed E-state index contributed by atoms with van der Waals surface area (Å²) >= 11 is 6.10. The van der Waals surface area contributed by atoms with Crippen molar-refractivity contribution in [3.05, 3.63) is 44.6 Å². The minimum Gasteiger partial charge on any atom is -0.258 e. The fourth-order valence-corrected chi connectivity index (χ4v) is 2.27. The summed E-state index contributed by atoms with van der Waals surface area (Å²) in [5, 5.41) is 12.2. The van der Waals surface area contributed by atoms with Gasteiger partial charge in [-0.2, -0.15) is 0 Å². The minimum atomic E-state index is -0.398. The largest absolute Gasteiger partial charge is 0.274 e. The van der Waals surface area contributed by atoms with Crippen LogP contribution in [0.15, 0.2) is 18.2 Å². The van der Waals surface area contributed by atoms with Crippen LogP contribution in [0.2, 0.25) is 5.15 Å². The molecule has 1 heterocycles. The van der Waals surface area contributed by atoms with E-state index in [0.29, 0.717) is 16.2 Å². The number of aromatic nitrogens is 1. The minimum absolute atomic E-state index is 0.0781. The maximum absolute atomic E-state index is 10.9. The van der Waals surface area contributed by atoms with Gasteiger partial charge in [0.2, 0.25) is 0 Å². The van der Waals surface area contributed by atoms with E-state index in [-0.39, 0.29) is 5.69 Å². The summed E-state index contributed by atoms with van der Waals surface area (Å²) in [5.74, 6) is 0. The van der Waals surface area contributed by atoms with E-state index in [1.165, 1.54) is 6.07 Å². The van der Waals surface area contributed by atoms with Crippen LogP contribution in [-0.4, -0.2) is 9.91 Å². The monoisotopic (exact) mass is 264 g/mol. The van der Waals surface area contributed by atoms with Gasteiger partial charge in [0.25, 0.3) is 5.69 Å². The number of benzene rings is 1. The Hall–Kier alpha value is -1.68. The Morgan fingerprint density at radius 2 is 2.17 bits per heavy atom. The maximum Gasteiger partial charge on any atom is 0.274 e. The molecule has 0 atom stereocenters. The predicted octanol–water partition coefficient (Wildman–Crippen LogP) is 4.06. The van der Waals surface area contributed by atoms with Gasteiger partial charge in [0.15, 0.2) is 0 Å². The number of fused-ring (bicyclic) bond motifs is 1. The lowest BCUT2D eigenvalue weighted by Gasteiger charge is -2.07. The van der Waals surface area contributed by atoms with E-state index >= 15 is 0 Å². The molecule has 0 spiro atoms. The Kier molecular flexibility index (Phi) is 3.48. The van der Waals surface area contributed by atoms with Gasteiger partial charge in [0.1, 0.15) is 5.15 Å². The van der Waals surface area contributed by atoms with E-state index in [4.69, 9.17) is 11.6 Å². The number of nitro groups is 1. The lowest BCUT2D eigenvalue weighted by atomic mass is 10.1. The lowest BCUT2D eigenvalue weighted by molar-refractivity contribution is -0.385. The molecule has 1 aromatic carbocycles. The lowest BCUT2D eigenvalue weighted by Crippen LogP contribution is -1.96. The van der Waals surface area contributed by atoms with Crippen molar-refractivity contribution in [1.82, 2.24) is 4.98 Å². The molecular weight excluding hydrogens is 252 g/mol. The Morgan fingerprint density at radius 1 is 1.44 bits per heavy atom. The van der Waals surface area contributed by atoms with Crippen LogP contribution >= 0.6 is 11.6 Å². The summed E-state index contributed by atoms with van der Waals surface area (Å²) in [6.07, 6.45) is 1.84. The standard InChI is InChI=1S/C13H13ClN2O2/c1-3-4-10-7-9-5-6-11(16(17)18)8(2)12(9)15-13(10)14/h5-7H,3-4H2,1-2H3. The second-order valence-corrected chi connectivity index (χ2v) is 4.58. The van der Waals surface area contributed by atoms with Crippen molar-refractivity contribution in [2.45, 2.75) is 26.7 Å². The van der Waals surface area contributed by atoms with Gasteiger partial charge in [-0.1, -0.05) is 24.9 Å². The Balaban J connectivity index is 2.69. The fourth-order valence-electron chi connectivity index (χ4n) is 2.04. The third kappa shape index (κ3) is 2.16. The molecule has 0 fully saturated rings. The zero-order valence-corrected chi connectivity index (χ0v) is 11.0. The SMILES string of the molecule is CCCc1cc2ccc([N+](=O)[O-])c(C)c2nc1Cl. The van der Waals surface area contributed by atoms with E-state index in [0.717, 1.165) is 23.8 Å². The topological polar surface area (TPSA) is 56.0 Å². The van der Waals surface area contributed by atoms with Crippen molar-refractivity contribution >= 4 is 28.2 Å². The van der Waals surface area contributed by atoms with Crippen molar-refractivity contribution < 1.29 is 4.92 Å². The van der Waals surface area contributed by atoms with E-state index in [1.54, 1.807) is 13.0 Å². The quantitative estimate of drug-likeness (QED) is 0.477. The molecule has 4 nitrogen and oxygen atoms in total. The van der Waals surface area contributed by atoms with Crippen LogP contribution in [0.4, 0.5) is 5.69 Å². The van der Waals surface area contributed by atoms with Gasteiger partial charge < -0.3 is 0 Å². The van der Waals surface area contributed by atoms with Gasteiger partial charge in [-0.3, -0.25) is 10.1 Å². The van der Waals surface area contributed by atoms with Crippen molar-refractivity contribution in [3.63, 3.8) is 0 Å². The highest BCUT2D eigenvalue weighted by molar-refractivity contribution is 6.30. The second-order valence-electron chi connectivity index (χ2n) is 4.23. The smallest absolute Gasteiger partial charge is 0.258 e. The van der Waals surface area contributed by atoms with Crippen LogP contribution in [0.25, 0.3) is 10.9 Å². The van der Waals surface area contributed by atoms with Crippen molar-refractivity contribution in [3.8, 4) is 0 Å². The molecule has 18 heavy (non-hydrogen) atoms. The second kappa shape index (κ2) is 4.90. The van der Waals surface area contributed by atoms with E-state index in [1.807, 2.05) is 6.07 Å². The highest BCUT2D eigenvalue weighted by Crippen LogP contribution is 2.29. The van der Waals surface area contributed by atoms with Gasteiger partial charge in [-0.15, -0.1) is 0 Å². The van der Waals surface area contributed by atoms with Crippen molar-refractivity contribution in [2.24, 2.45) is 0 Å². The van der Waals surface area contributed by atoms with E-state index < -0.39 is 4.92 Å². The summed E-state index contributed by atoms with van der Waals surface area (Å²) in [6, 6.07) is 5.21. The molecule has 2 aromatic rings. The molecule has 1 aromatic heterocycles. The summed E-state index contributed by atoms with van der Waals surface area (Å²) in [7, 11) is 0. The fraction of sp³-hybridized carbons (Fsp3) is 0.308. The summed E-state index contributed by atoms with van der Waals surface area (Å²) in [6.45, 7) is 3.77. The first-order valence-corrected chi connectivity index (χ1v) is 6.15. The van der Waals surface area contributed by atoms with Crippen LogP contribution in [0.1, 0.15) is 24.5 Å². The molecule has 0 N–H and O–H groups in total. The number of aryl methyl sites for hydroxylation is 2. The van der Waals surface area contributed by atoms with Gasteiger partial charge in [0.05, 0.1) is 16.0 Å². The molecule has 0 bridgehead atoms. The van der Waals surface area contributed by atoms with Gasteiger partial charge >= 0.3 is 0 Å². The highest BCUT2D eigenvalue weighted by Gasteiger charge is 2.15. The number of nitrogens with zero attached hydrogens (tertiary/aromatic N) is 2. The average Bonchev–Trinajstić information content (AvgIpc) is 2.31. The number of halogens is 1. The molecule has 0 aliphatic carbocycles. The van der Waals surface area contributed by atoms with Crippen molar-refractivity contribution in [2.75, 3.05) is 0 Å². The Morgan fingerprint density at radius 3 is 2.78 bits per heavy atom. The van der Waals surface area contributed by atoms with Gasteiger partial charge in [0, 0.05) is 11.5 Å².